The number of thiocarbonyl (C=S) groups is 1. The van der Waals surface area contributed by atoms with Gasteiger partial charge in [0.1, 0.15) is 0 Å². The fourth-order valence-corrected chi connectivity index (χ4v) is 1.94. The summed E-state index contributed by atoms with van der Waals surface area (Å²) in [4.78, 5) is 0. The van der Waals surface area contributed by atoms with E-state index >= 15 is 0 Å². The minimum Gasteiger partial charge on any atom is -0.360 e. The van der Waals surface area contributed by atoms with Gasteiger partial charge in [0.2, 0.25) is 0 Å². The lowest BCUT2D eigenvalue weighted by molar-refractivity contribution is 0.533. The van der Waals surface area contributed by atoms with Crippen LogP contribution in [0.3, 0.4) is 0 Å². The molecule has 0 aromatic carbocycles. The van der Waals surface area contributed by atoms with E-state index in [2.05, 4.69) is 38.3 Å². The normalized spacial score (nSPS) is 14.2. The molecule has 2 atom stereocenters. The van der Waals surface area contributed by atoms with E-state index in [4.69, 9.17) is 12.2 Å². The molecular weight excluding hydrogens is 216 g/mol. The topological polar surface area (TPSA) is 24.1 Å². The predicted octanol–water partition coefficient (Wildman–Crippen LogP) is 3.61. The number of unbranched alkanes of at least 4 members (excludes halogenated alkanes) is 3. The van der Waals surface area contributed by atoms with Crippen molar-refractivity contribution in [2.24, 2.45) is 0 Å². The average molecular weight is 244 g/mol. The third-order valence-corrected chi connectivity index (χ3v) is 3.09. The van der Waals surface area contributed by atoms with Crippen LogP contribution in [0.1, 0.15) is 66.2 Å². The lowest BCUT2D eigenvalue weighted by Gasteiger charge is -2.19. The molecule has 2 unspecified atom stereocenters. The first-order valence-corrected chi connectivity index (χ1v) is 7.08. The summed E-state index contributed by atoms with van der Waals surface area (Å²) in [5, 5.41) is 7.43. The average Bonchev–Trinajstić information content (AvgIpc) is 2.24. The van der Waals surface area contributed by atoms with Gasteiger partial charge in [0.25, 0.3) is 0 Å². The van der Waals surface area contributed by atoms with Gasteiger partial charge < -0.3 is 10.6 Å². The lowest BCUT2D eigenvalue weighted by Crippen LogP contribution is -2.44. The summed E-state index contributed by atoms with van der Waals surface area (Å²) in [7, 11) is 0. The molecular formula is C13H28N2S. The van der Waals surface area contributed by atoms with Gasteiger partial charge in [0.15, 0.2) is 5.11 Å². The second kappa shape index (κ2) is 9.88. The molecule has 0 amide bonds. The third kappa shape index (κ3) is 8.96. The summed E-state index contributed by atoms with van der Waals surface area (Å²) in [6.45, 7) is 8.76. The van der Waals surface area contributed by atoms with Crippen molar-refractivity contribution >= 4 is 17.3 Å². The van der Waals surface area contributed by atoms with E-state index in [1.807, 2.05) is 0 Å². The van der Waals surface area contributed by atoms with Crippen LogP contribution in [-0.4, -0.2) is 17.2 Å². The molecule has 0 fully saturated rings. The van der Waals surface area contributed by atoms with Gasteiger partial charge in [-0.1, -0.05) is 39.5 Å². The minimum absolute atomic E-state index is 0.465. The van der Waals surface area contributed by atoms with Gasteiger partial charge in [-0.3, -0.25) is 0 Å². The summed E-state index contributed by atoms with van der Waals surface area (Å²) < 4.78 is 0. The van der Waals surface area contributed by atoms with Crippen molar-refractivity contribution in [3.63, 3.8) is 0 Å². The van der Waals surface area contributed by atoms with Crippen LogP contribution in [-0.2, 0) is 0 Å². The van der Waals surface area contributed by atoms with Crippen LogP contribution >= 0.6 is 12.2 Å². The van der Waals surface area contributed by atoms with Crippen molar-refractivity contribution < 1.29 is 0 Å². The smallest absolute Gasteiger partial charge is 0.166 e. The fraction of sp³-hybridized carbons (Fsp3) is 0.923. The number of hydrogen-bond acceptors (Lipinski definition) is 1. The maximum absolute atomic E-state index is 5.25. The molecule has 0 heterocycles. The van der Waals surface area contributed by atoms with Crippen molar-refractivity contribution in [2.45, 2.75) is 78.3 Å². The van der Waals surface area contributed by atoms with Crippen LogP contribution in [0.4, 0.5) is 0 Å². The Balaban J connectivity index is 3.54. The highest BCUT2D eigenvalue weighted by Gasteiger charge is 2.05. The van der Waals surface area contributed by atoms with E-state index in [0.717, 1.165) is 11.5 Å². The molecule has 2 nitrogen and oxygen atoms in total. The highest BCUT2D eigenvalue weighted by Crippen LogP contribution is 2.05. The second-order valence-corrected chi connectivity index (χ2v) is 5.09. The molecule has 16 heavy (non-hydrogen) atoms. The molecule has 0 saturated carbocycles. The Morgan fingerprint density at radius 2 is 1.62 bits per heavy atom. The molecule has 0 rings (SSSR count). The fourth-order valence-electron chi connectivity index (χ4n) is 1.54. The van der Waals surface area contributed by atoms with Crippen molar-refractivity contribution in [3.05, 3.63) is 0 Å². The summed E-state index contributed by atoms with van der Waals surface area (Å²) in [5.41, 5.74) is 0. The molecule has 96 valence electrons. The quantitative estimate of drug-likeness (QED) is 0.504. The lowest BCUT2D eigenvalue weighted by atomic mass is 10.1. The van der Waals surface area contributed by atoms with Gasteiger partial charge >= 0.3 is 0 Å². The maximum Gasteiger partial charge on any atom is 0.166 e. The summed E-state index contributed by atoms with van der Waals surface area (Å²) in [6, 6.07) is 0.952. The van der Waals surface area contributed by atoms with Gasteiger partial charge in [-0.2, -0.15) is 0 Å². The third-order valence-electron chi connectivity index (χ3n) is 2.86. The van der Waals surface area contributed by atoms with Crippen LogP contribution in [0.15, 0.2) is 0 Å². The molecule has 0 aromatic heterocycles. The number of rotatable bonds is 8. The Morgan fingerprint density at radius 3 is 2.19 bits per heavy atom. The molecule has 0 aliphatic heterocycles. The van der Waals surface area contributed by atoms with Crippen molar-refractivity contribution in [3.8, 4) is 0 Å². The molecule has 0 bridgehead atoms. The Hall–Kier alpha value is -0.310. The number of hydrogen-bond donors (Lipinski definition) is 2. The van der Waals surface area contributed by atoms with E-state index < -0.39 is 0 Å². The molecule has 0 saturated heterocycles. The predicted molar refractivity (Wildman–Crippen MR) is 76.8 cm³/mol. The zero-order valence-corrected chi connectivity index (χ0v) is 12.1. The van der Waals surface area contributed by atoms with Crippen molar-refractivity contribution in [1.29, 1.82) is 0 Å². The van der Waals surface area contributed by atoms with E-state index in [1.165, 1.54) is 32.1 Å². The minimum atomic E-state index is 0.465. The Bertz CT molecular complexity index is 183. The zero-order chi connectivity index (χ0) is 12.4. The van der Waals surface area contributed by atoms with Crippen molar-refractivity contribution in [2.75, 3.05) is 0 Å². The molecule has 0 aromatic rings. The van der Waals surface area contributed by atoms with Crippen LogP contribution < -0.4 is 10.6 Å². The van der Waals surface area contributed by atoms with Gasteiger partial charge in [-0.15, -0.1) is 0 Å². The van der Waals surface area contributed by atoms with Crippen molar-refractivity contribution in [1.82, 2.24) is 10.6 Å². The van der Waals surface area contributed by atoms with Crippen LogP contribution in [0.5, 0.6) is 0 Å². The van der Waals surface area contributed by atoms with E-state index in [9.17, 15) is 0 Å². The highest BCUT2D eigenvalue weighted by atomic mass is 32.1. The molecule has 2 N–H and O–H groups in total. The van der Waals surface area contributed by atoms with E-state index in [0.29, 0.717) is 12.1 Å². The van der Waals surface area contributed by atoms with Crippen LogP contribution in [0.25, 0.3) is 0 Å². The summed E-state index contributed by atoms with van der Waals surface area (Å²) in [6.07, 6.45) is 7.61. The standard InChI is InChI=1S/C13H28N2S/c1-5-7-8-9-10-12(4)15-13(16)14-11(3)6-2/h11-12H,5-10H2,1-4H3,(H2,14,15,16). The molecule has 0 aliphatic rings. The molecule has 0 radical (unpaired) electrons. The molecule has 3 heteroatoms. The maximum atomic E-state index is 5.25. The summed E-state index contributed by atoms with van der Waals surface area (Å²) >= 11 is 5.25. The summed E-state index contributed by atoms with van der Waals surface area (Å²) in [5.74, 6) is 0. The van der Waals surface area contributed by atoms with Crippen LogP contribution in [0, 0.1) is 0 Å². The van der Waals surface area contributed by atoms with Gasteiger partial charge in [-0.25, -0.2) is 0 Å². The first kappa shape index (κ1) is 15.7. The van der Waals surface area contributed by atoms with E-state index in [1.54, 1.807) is 0 Å². The Labute approximate surface area is 107 Å². The largest absolute Gasteiger partial charge is 0.360 e. The monoisotopic (exact) mass is 244 g/mol. The zero-order valence-electron chi connectivity index (χ0n) is 11.3. The van der Waals surface area contributed by atoms with E-state index in [-0.39, 0.29) is 0 Å². The first-order valence-electron chi connectivity index (χ1n) is 6.67. The molecule has 0 spiro atoms. The van der Waals surface area contributed by atoms with Gasteiger partial charge in [0, 0.05) is 12.1 Å². The number of nitrogens with one attached hydrogen (secondary N) is 2. The Morgan fingerprint density at radius 1 is 1.00 bits per heavy atom. The van der Waals surface area contributed by atoms with Crippen LogP contribution in [0.2, 0.25) is 0 Å². The SMILES string of the molecule is CCCCCCC(C)NC(=S)NC(C)CC. The van der Waals surface area contributed by atoms with Gasteiger partial charge in [0.05, 0.1) is 0 Å². The molecule has 0 aliphatic carbocycles. The van der Waals surface area contributed by atoms with Gasteiger partial charge in [-0.05, 0) is 38.9 Å². The first-order chi connectivity index (χ1) is 7.60. The highest BCUT2D eigenvalue weighted by molar-refractivity contribution is 7.80. The Kier molecular flexibility index (Phi) is 9.69. The second-order valence-electron chi connectivity index (χ2n) is 4.68.